The summed E-state index contributed by atoms with van der Waals surface area (Å²) in [6.07, 6.45) is 0.313. The zero-order valence-corrected chi connectivity index (χ0v) is 12.8. The molecule has 3 rings (SSSR count). The Kier molecular flexibility index (Phi) is 4.76. The van der Waals surface area contributed by atoms with Crippen molar-refractivity contribution in [2.24, 2.45) is 0 Å². The summed E-state index contributed by atoms with van der Waals surface area (Å²) in [4.78, 5) is 2.40. The van der Waals surface area contributed by atoms with Crippen LogP contribution in [0.15, 0.2) is 36.4 Å². The van der Waals surface area contributed by atoms with Crippen LogP contribution in [0.5, 0.6) is 0 Å². The van der Waals surface area contributed by atoms with Crippen molar-refractivity contribution in [3.05, 3.63) is 47.0 Å². The second-order valence-electron chi connectivity index (χ2n) is 5.58. The molecule has 112 valence electrons. The quantitative estimate of drug-likeness (QED) is 0.912. The highest BCUT2D eigenvalue weighted by Gasteiger charge is 2.15. The van der Waals surface area contributed by atoms with Gasteiger partial charge >= 0.3 is 0 Å². The van der Waals surface area contributed by atoms with Crippen molar-refractivity contribution in [2.75, 3.05) is 32.7 Å². The second kappa shape index (κ2) is 6.75. The summed E-state index contributed by atoms with van der Waals surface area (Å²) in [7, 11) is 0. The SMILES string of the molecule is OC(CCN1CCNCC1)c1ccc(Cl)c2ccccc12. The number of piperazine rings is 1. The Morgan fingerprint density at radius 3 is 2.57 bits per heavy atom. The summed E-state index contributed by atoms with van der Waals surface area (Å²) in [6, 6.07) is 11.8. The first kappa shape index (κ1) is 14.8. The highest BCUT2D eigenvalue weighted by atomic mass is 35.5. The van der Waals surface area contributed by atoms with Gasteiger partial charge in [0.1, 0.15) is 0 Å². The smallest absolute Gasteiger partial charge is 0.0808 e. The summed E-state index contributed by atoms with van der Waals surface area (Å²) >= 11 is 6.24. The second-order valence-corrected chi connectivity index (χ2v) is 5.99. The third kappa shape index (κ3) is 3.38. The number of rotatable bonds is 4. The van der Waals surface area contributed by atoms with Crippen molar-refractivity contribution in [2.45, 2.75) is 12.5 Å². The molecule has 2 aromatic carbocycles. The Morgan fingerprint density at radius 2 is 1.81 bits per heavy atom. The van der Waals surface area contributed by atoms with E-state index in [4.69, 9.17) is 11.6 Å². The summed E-state index contributed by atoms with van der Waals surface area (Å²) in [5, 5.41) is 16.7. The van der Waals surface area contributed by atoms with Gasteiger partial charge in [-0.2, -0.15) is 0 Å². The van der Waals surface area contributed by atoms with Crippen molar-refractivity contribution in [3.8, 4) is 0 Å². The molecule has 1 unspecified atom stereocenters. The number of nitrogens with zero attached hydrogens (tertiary/aromatic N) is 1. The Hall–Kier alpha value is -1.13. The van der Waals surface area contributed by atoms with E-state index in [-0.39, 0.29) is 0 Å². The monoisotopic (exact) mass is 304 g/mol. The van der Waals surface area contributed by atoms with Crippen LogP contribution in [-0.2, 0) is 0 Å². The van der Waals surface area contributed by atoms with E-state index in [0.717, 1.165) is 60.5 Å². The number of aliphatic hydroxyl groups is 1. The van der Waals surface area contributed by atoms with E-state index >= 15 is 0 Å². The van der Waals surface area contributed by atoms with Crippen LogP contribution in [0.3, 0.4) is 0 Å². The summed E-state index contributed by atoms with van der Waals surface area (Å²) in [5.41, 5.74) is 0.977. The van der Waals surface area contributed by atoms with E-state index in [9.17, 15) is 5.11 Å². The fraction of sp³-hybridized carbons (Fsp3) is 0.412. The van der Waals surface area contributed by atoms with E-state index in [2.05, 4.69) is 10.2 Å². The lowest BCUT2D eigenvalue weighted by atomic mass is 9.98. The van der Waals surface area contributed by atoms with Crippen LogP contribution in [0.2, 0.25) is 5.02 Å². The molecule has 1 atom stereocenters. The fourth-order valence-electron chi connectivity index (χ4n) is 2.97. The minimum atomic E-state index is -0.443. The molecule has 0 aliphatic carbocycles. The predicted molar refractivity (Wildman–Crippen MR) is 87.8 cm³/mol. The zero-order valence-electron chi connectivity index (χ0n) is 12.1. The molecule has 4 heteroatoms. The first-order valence-electron chi connectivity index (χ1n) is 7.54. The van der Waals surface area contributed by atoms with Crippen molar-refractivity contribution in [1.29, 1.82) is 0 Å². The van der Waals surface area contributed by atoms with E-state index in [0.29, 0.717) is 0 Å². The van der Waals surface area contributed by atoms with Crippen molar-refractivity contribution < 1.29 is 5.11 Å². The molecular weight excluding hydrogens is 284 g/mol. The summed E-state index contributed by atoms with van der Waals surface area (Å²) in [6.45, 7) is 5.14. The maximum Gasteiger partial charge on any atom is 0.0808 e. The minimum absolute atomic E-state index is 0.443. The molecule has 2 aromatic rings. The first-order chi connectivity index (χ1) is 10.3. The molecule has 1 aliphatic heterocycles. The summed E-state index contributed by atoms with van der Waals surface area (Å²) < 4.78 is 0. The van der Waals surface area contributed by atoms with Crippen LogP contribution in [0, 0.1) is 0 Å². The Bertz CT molecular complexity index is 611. The predicted octanol–water partition coefficient (Wildman–Crippen LogP) is 2.82. The normalized spacial score (nSPS) is 18.0. The third-order valence-corrected chi connectivity index (χ3v) is 4.52. The van der Waals surface area contributed by atoms with E-state index in [1.165, 1.54) is 0 Å². The topological polar surface area (TPSA) is 35.5 Å². The van der Waals surface area contributed by atoms with Gasteiger partial charge in [-0.1, -0.05) is 41.9 Å². The average molecular weight is 305 g/mol. The molecule has 21 heavy (non-hydrogen) atoms. The van der Waals surface area contributed by atoms with Gasteiger partial charge in [-0.25, -0.2) is 0 Å². The van der Waals surface area contributed by atoms with Crippen LogP contribution in [0.4, 0.5) is 0 Å². The van der Waals surface area contributed by atoms with Gasteiger partial charge < -0.3 is 15.3 Å². The lowest BCUT2D eigenvalue weighted by molar-refractivity contribution is 0.138. The lowest BCUT2D eigenvalue weighted by Crippen LogP contribution is -2.44. The Labute approximate surface area is 130 Å². The van der Waals surface area contributed by atoms with Crippen molar-refractivity contribution >= 4 is 22.4 Å². The van der Waals surface area contributed by atoms with Crippen molar-refractivity contribution in [1.82, 2.24) is 10.2 Å². The number of hydrogen-bond acceptors (Lipinski definition) is 3. The van der Waals surface area contributed by atoms with Gasteiger partial charge in [-0.3, -0.25) is 0 Å². The zero-order chi connectivity index (χ0) is 14.7. The molecule has 0 bridgehead atoms. The van der Waals surface area contributed by atoms with Gasteiger partial charge in [-0.15, -0.1) is 0 Å². The molecule has 2 N–H and O–H groups in total. The maximum atomic E-state index is 10.6. The Balaban J connectivity index is 1.75. The maximum absolute atomic E-state index is 10.6. The number of benzene rings is 2. The van der Waals surface area contributed by atoms with Crippen molar-refractivity contribution in [3.63, 3.8) is 0 Å². The molecule has 1 aliphatic rings. The number of hydrogen-bond donors (Lipinski definition) is 2. The third-order valence-electron chi connectivity index (χ3n) is 4.19. The molecular formula is C17H21ClN2O. The molecule has 0 amide bonds. The number of halogens is 1. The van der Waals surface area contributed by atoms with Gasteiger partial charge in [0, 0.05) is 43.1 Å². The largest absolute Gasteiger partial charge is 0.388 e. The highest BCUT2D eigenvalue weighted by Crippen LogP contribution is 2.31. The molecule has 0 aromatic heterocycles. The number of nitrogens with one attached hydrogen (secondary N) is 1. The molecule has 0 saturated carbocycles. The first-order valence-corrected chi connectivity index (χ1v) is 7.92. The molecule has 3 nitrogen and oxygen atoms in total. The van der Waals surface area contributed by atoms with Gasteiger partial charge in [0.2, 0.25) is 0 Å². The van der Waals surface area contributed by atoms with E-state index < -0.39 is 6.10 Å². The molecule has 0 radical (unpaired) electrons. The summed E-state index contributed by atoms with van der Waals surface area (Å²) in [5.74, 6) is 0. The molecule has 1 fully saturated rings. The number of aliphatic hydroxyl groups excluding tert-OH is 1. The van der Waals surface area contributed by atoms with Gasteiger partial charge in [0.15, 0.2) is 0 Å². The Morgan fingerprint density at radius 1 is 1.10 bits per heavy atom. The highest BCUT2D eigenvalue weighted by molar-refractivity contribution is 6.35. The van der Waals surface area contributed by atoms with Crippen LogP contribution < -0.4 is 5.32 Å². The van der Waals surface area contributed by atoms with Crippen LogP contribution in [0.25, 0.3) is 10.8 Å². The van der Waals surface area contributed by atoms with Gasteiger partial charge in [0.25, 0.3) is 0 Å². The molecule has 1 saturated heterocycles. The lowest BCUT2D eigenvalue weighted by Gasteiger charge is -2.28. The molecule has 0 spiro atoms. The van der Waals surface area contributed by atoms with E-state index in [1.807, 2.05) is 36.4 Å². The standard InChI is InChI=1S/C17H21ClN2O/c18-16-6-5-15(13-3-1-2-4-14(13)16)17(21)7-10-20-11-8-19-9-12-20/h1-6,17,19,21H,7-12H2. The van der Waals surface area contributed by atoms with Crippen LogP contribution in [0.1, 0.15) is 18.1 Å². The minimum Gasteiger partial charge on any atom is -0.388 e. The molecule has 1 heterocycles. The van der Waals surface area contributed by atoms with E-state index in [1.54, 1.807) is 0 Å². The van der Waals surface area contributed by atoms with Gasteiger partial charge in [0.05, 0.1) is 6.10 Å². The number of fused-ring (bicyclic) bond motifs is 1. The fourth-order valence-corrected chi connectivity index (χ4v) is 3.20. The van der Waals surface area contributed by atoms with Crippen LogP contribution in [-0.4, -0.2) is 42.7 Å². The van der Waals surface area contributed by atoms with Crippen LogP contribution >= 0.6 is 11.6 Å². The van der Waals surface area contributed by atoms with Gasteiger partial charge in [-0.05, 0) is 23.4 Å². The average Bonchev–Trinajstić information content (AvgIpc) is 2.54.